The summed E-state index contributed by atoms with van der Waals surface area (Å²) in [4.78, 5) is 7.10. The zero-order valence-corrected chi connectivity index (χ0v) is 17.4. The fourth-order valence-electron chi connectivity index (χ4n) is 4.67. The monoisotopic (exact) mass is 382 g/mol. The van der Waals surface area contributed by atoms with Gasteiger partial charge in [-0.15, -0.1) is 0 Å². The standard InChI is InChI=1S/C20H38N4OS/c1-21-19(22-10-5-4-8-18-6-2-3-7-18)23-16-20(9-15-26-17-20)24-11-13-25-14-12-24/h18H,2-17H2,1H3,(H2,21,22,23). The van der Waals surface area contributed by atoms with Gasteiger partial charge in [0.1, 0.15) is 0 Å². The van der Waals surface area contributed by atoms with Gasteiger partial charge in [-0.3, -0.25) is 9.89 Å². The van der Waals surface area contributed by atoms with E-state index in [9.17, 15) is 0 Å². The van der Waals surface area contributed by atoms with E-state index >= 15 is 0 Å². The van der Waals surface area contributed by atoms with Crippen molar-refractivity contribution >= 4 is 17.7 Å². The Morgan fingerprint density at radius 3 is 2.69 bits per heavy atom. The van der Waals surface area contributed by atoms with E-state index in [1.165, 1.54) is 62.9 Å². The zero-order valence-electron chi connectivity index (χ0n) is 16.6. The molecule has 1 atom stereocenters. The average Bonchev–Trinajstić information content (AvgIpc) is 3.37. The molecule has 0 radical (unpaired) electrons. The van der Waals surface area contributed by atoms with Crippen LogP contribution in [0.1, 0.15) is 51.4 Å². The molecular formula is C20H38N4OS. The van der Waals surface area contributed by atoms with Crippen molar-refractivity contribution in [2.24, 2.45) is 10.9 Å². The lowest BCUT2D eigenvalue weighted by Crippen LogP contribution is -2.60. The summed E-state index contributed by atoms with van der Waals surface area (Å²) in [6.07, 6.45) is 11.2. The number of hydrogen-bond donors (Lipinski definition) is 2. The summed E-state index contributed by atoms with van der Waals surface area (Å²) in [5.74, 6) is 4.47. The Hall–Kier alpha value is -0.460. The molecule has 0 aromatic rings. The summed E-state index contributed by atoms with van der Waals surface area (Å²) in [6.45, 7) is 5.90. The number of aliphatic imine (C=N–C) groups is 1. The Kier molecular flexibility index (Phi) is 8.40. The first-order chi connectivity index (χ1) is 12.8. The summed E-state index contributed by atoms with van der Waals surface area (Å²) in [7, 11) is 1.89. The summed E-state index contributed by atoms with van der Waals surface area (Å²) in [5.41, 5.74) is 0.272. The molecule has 3 fully saturated rings. The van der Waals surface area contributed by atoms with Crippen LogP contribution in [-0.2, 0) is 4.74 Å². The molecule has 0 amide bonds. The Labute approximate surface area is 164 Å². The molecule has 2 heterocycles. The minimum Gasteiger partial charge on any atom is -0.379 e. The number of nitrogens with one attached hydrogen (secondary N) is 2. The molecule has 0 aromatic carbocycles. The fourth-order valence-corrected chi connectivity index (χ4v) is 6.15. The van der Waals surface area contributed by atoms with Crippen molar-refractivity contribution < 1.29 is 4.74 Å². The lowest BCUT2D eigenvalue weighted by Gasteiger charge is -2.43. The maximum absolute atomic E-state index is 5.56. The van der Waals surface area contributed by atoms with Gasteiger partial charge in [0.25, 0.3) is 0 Å². The van der Waals surface area contributed by atoms with Crippen molar-refractivity contribution in [2.45, 2.75) is 56.9 Å². The van der Waals surface area contributed by atoms with Crippen LogP contribution < -0.4 is 10.6 Å². The predicted molar refractivity (Wildman–Crippen MR) is 112 cm³/mol. The van der Waals surface area contributed by atoms with Gasteiger partial charge < -0.3 is 15.4 Å². The van der Waals surface area contributed by atoms with Gasteiger partial charge in [0.05, 0.1) is 13.2 Å². The minimum absolute atomic E-state index is 0.272. The number of nitrogens with zero attached hydrogens (tertiary/aromatic N) is 2. The van der Waals surface area contributed by atoms with E-state index in [0.29, 0.717) is 0 Å². The normalized spacial score (nSPS) is 28.6. The molecule has 2 saturated heterocycles. The summed E-state index contributed by atoms with van der Waals surface area (Å²) in [6, 6.07) is 0. The highest BCUT2D eigenvalue weighted by Gasteiger charge is 2.40. The van der Waals surface area contributed by atoms with Crippen LogP contribution in [0.15, 0.2) is 4.99 Å². The van der Waals surface area contributed by atoms with E-state index in [-0.39, 0.29) is 5.54 Å². The van der Waals surface area contributed by atoms with Crippen LogP contribution in [0.25, 0.3) is 0 Å². The zero-order chi connectivity index (χ0) is 18.1. The second kappa shape index (κ2) is 10.8. The number of hydrogen-bond acceptors (Lipinski definition) is 4. The maximum Gasteiger partial charge on any atom is 0.191 e. The highest BCUT2D eigenvalue weighted by Crippen LogP contribution is 2.33. The first-order valence-electron chi connectivity index (χ1n) is 10.7. The van der Waals surface area contributed by atoms with Crippen molar-refractivity contribution in [3.8, 4) is 0 Å². The van der Waals surface area contributed by atoms with Crippen molar-refractivity contribution in [1.29, 1.82) is 0 Å². The summed E-state index contributed by atoms with van der Waals surface area (Å²) < 4.78 is 5.56. The van der Waals surface area contributed by atoms with Gasteiger partial charge in [-0.1, -0.05) is 38.5 Å². The molecule has 0 bridgehead atoms. The second-order valence-corrected chi connectivity index (χ2v) is 9.23. The fraction of sp³-hybridized carbons (Fsp3) is 0.950. The van der Waals surface area contributed by atoms with Crippen LogP contribution in [-0.4, -0.2) is 74.3 Å². The smallest absolute Gasteiger partial charge is 0.191 e. The van der Waals surface area contributed by atoms with Gasteiger partial charge in [0, 0.05) is 44.5 Å². The van der Waals surface area contributed by atoms with E-state index in [4.69, 9.17) is 4.74 Å². The van der Waals surface area contributed by atoms with Gasteiger partial charge in [-0.25, -0.2) is 0 Å². The van der Waals surface area contributed by atoms with Gasteiger partial charge in [0.2, 0.25) is 0 Å². The molecule has 3 rings (SSSR count). The lowest BCUT2D eigenvalue weighted by molar-refractivity contribution is -0.0120. The van der Waals surface area contributed by atoms with Gasteiger partial charge in [-0.05, 0) is 24.5 Å². The quantitative estimate of drug-likeness (QED) is 0.384. The van der Waals surface area contributed by atoms with Gasteiger partial charge in [-0.2, -0.15) is 11.8 Å². The molecule has 6 heteroatoms. The molecule has 2 N–H and O–H groups in total. The highest BCUT2D eigenvalue weighted by molar-refractivity contribution is 7.99. The topological polar surface area (TPSA) is 48.9 Å². The van der Waals surface area contributed by atoms with Gasteiger partial charge >= 0.3 is 0 Å². The Bertz CT molecular complexity index is 428. The first kappa shape index (κ1) is 20.3. The molecule has 26 heavy (non-hydrogen) atoms. The van der Waals surface area contributed by atoms with Gasteiger partial charge in [0.15, 0.2) is 5.96 Å². The number of thioether (sulfide) groups is 1. The number of guanidine groups is 1. The molecular weight excluding hydrogens is 344 g/mol. The van der Waals surface area contributed by atoms with Crippen molar-refractivity contribution in [3.63, 3.8) is 0 Å². The van der Waals surface area contributed by atoms with Crippen LogP contribution in [0.2, 0.25) is 0 Å². The Morgan fingerprint density at radius 1 is 1.19 bits per heavy atom. The first-order valence-corrected chi connectivity index (χ1v) is 11.8. The Morgan fingerprint density at radius 2 is 2.00 bits per heavy atom. The van der Waals surface area contributed by atoms with Crippen molar-refractivity contribution in [3.05, 3.63) is 0 Å². The molecule has 0 aromatic heterocycles. The SMILES string of the molecule is CN=C(NCCCCC1CCCC1)NCC1(N2CCOCC2)CCSC1. The molecule has 1 saturated carbocycles. The third-order valence-electron chi connectivity index (χ3n) is 6.38. The van der Waals surface area contributed by atoms with Crippen LogP contribution in [0.4, 0.5) is 0 Å². The second-order valence-electron chi connectivity index (χ2n) is 8.13. The van der Waals surface area contributed by atoms with E-state index in [2.05, 4.69) is 32.3 Å². The molecule has 1 aliphatic carbocycles. The molecule has 2 aliphatic heterocycles. The van der Waals surface area contributed by atoms with E-state index < -0.39 is 0 Å². The molecule has 0 spiro atoms. The van der Waals surface area contributed by atoms with Crippen LogP contribution in [0.5, 0.6) is 0 Å². The minimum atomic E-state index is 0.272. The predicted octanol–water partition coefficient (Wildman–Crippen LogP) is 2.72. The lowest BCUT2D eigenvalue weighted by atomic mass is 9.95. The van der Waals surface area contributed by atoms with Crippen molar-refractivity contribution in [2.75, 3.05) is 57.9 Å². The Balaban J connectivity index is 1.36. The summed E-state index contributed by atoms with van der Waals surface area (Å²) >= 11 is 2.09. The summed E-state index contributed by atoms with van der Waals surface area (Å²) in [5, 5.41) is 7.15. The number of unbranched alkanes of at least 4 members (excludes halogenated alkanes) is 1. The third-order valence-corrected chi connectivity index (χ3v) is 7.61. The molecule has 150 valence electrons. The van der Waals surface area contributed by atoms with Crippen LogP contribution in [0, 0.1) is 5.92 Å². The largest absolute Gasteiger partial charge is 0.379 e. The average molecular weight is 383 g/mol. The highest BCUT2D eigenvalue weighted by atomic mass is 32.2. The molecule has 1 unspecified atom stereocenters. The van der Waals surface area contributed by atoms with Crippen LogP contribution >= 0.6 is 11.8 Å². The maximum atomic E-state index is 5.56. The number of morpholine rings is 1. The van der Waals surface area contributed by atoms with Crippen LogP contribution in [0.3, 0.4) is 0 Å². The van der Waals surface area contributed by atoms with E-state index in [1.807, 2.05) is 7.05 Å². The number of rotatable bonds is 8. The molecule has 3 aliphatic rings. The van der Waals surface area contributed by atoms with E-state index in [1.54, 1.807) is 0 Å². The number of ether oxygens (including phenoxy) is 1. The molecule has 5 nitrogen and oxygen atoms in total. The van der Waals surface area contributed by atoms with Crippen molar-refractivity contribution in [1.82, 2.24) is 15.5 Å². The third kappa shape index (κ3) is 5.77. The van der Waals surface area contributed by atoms with E-state index in [0.717, 1.165) is 51.3 Å².